The second-order valence-electron chi connectivity index (χ2n) is 5.87. The highest BCUT2D eigenvalue weighted by Gasteiger charge is 2.13. The Hall–Kier alpha value is -1.22. The van der Waals surface area contributed by atoms with Gasteiger partial charge in [-0.25, -0.2) is 0 Å². The molecule has 2 rings (SSSR count). The summed E-state index contributed by atoms with van der Waals surface area (Å²) in [5.74, 6) is 1.64. The lowest BCUT2D eigenvalue weighted by atomic mass is 9.95. The van der Waals surface area contributed by atoms with Crippen LogP contribution in [0.4, 0.5) is 0 Å². The Morgan fingerprint density at radius 2 is 1.90 bits per heavy atom. The van der Waals surface area contributed by atoms with Crippen molar-refractivity contribution in [2.24, 2.45) is 0 Å². The third-order valence-corrected chi connectivity index (χ3v) is 3.79. The first-order valence-electron chi connectivity index (χ1n) is 7.76. The number of rotatable bonds is 6. The van der Waals surface area contributed by atoms with E-state index >= 15 is 0 Å². The zero-order chi connectivity index (χ0) is 14.4. The molecule has 0 unspecified atom stereocenters. The maximum atomic E-state index is 5.74. The van der Waals surface area contributed by atoms with Crippen LogP contribution in [0.2, 0.25) is 0 Å². The minimum atomic E-state index is 0.162. The second-order valence-corrected chi connectivity index (χ2v) is 5.87. The van der Waals surface area contributed by atoms with E-state index in [4.69, 9.17) is 9.47 Å². The fraction of sp³-hybridized carbons (Fsp3) is 0.647. The van der Waals surface area contributed by atoms with Crippen LogP contribution in [-0.2, 0) is 6.54 Å². The molecular weight excluding hydrogens is 250 g/mol. The number of methoxy groups -OCH3 is 1. The van der Waals surface area contributed by atoms with Crippen LogP contribution in [0.5, 0.6) is 11.5 Å². The molecule has 1 aliphatic rings. The molecule has 1 saturated carbocycles. The normalized spacial score (nSPS) is 16.4. The van der Waals surface area contributed by atoms with Gasteiger partial charge >= 0.3 is 0 Å². The van der Waals surface area contributed by atoms with Crippen LogP contribution in [0.25, 0.3) is 0 Å². The van der Waals surface area contributed by atoms with Crippen molar-refractivity contribution in [2.45, 2.75) is 64.6 Å². The van der Waals surface area contributed by atoms with Gasteiger partial charge in [0.2, 0.25) is 0 Å². The monoisotopic (exact) mass is 277 g/mol. The zero-order valence-corrected chi connectivity index (χ0v) is 12.9. The van der Waals surface area contributed by atoms with Crippen molar-refractivity contribution < 1.29 is 9.47 Å². The average molecular weight is 277 g/mol. The second kappa shape index (κ2) is 7.53. The predicted molar refractivity (Wildman–Crippen MR) is 82.5 cm³/mol. The first-order chi connectivity index (χ1) is 9.69. The van der Waals surface area contributed by atoms with Gasteiger partial charge in [0.1, 0.15) is 0 Å². The number of hydrogen-bond donors (Lipinski definition) is 1. The maximum absolute atomic E-state index is 5.74. The van der Waals surface area contributed by atoms with Gasteiger partial charge in [-0.1, -0.05) is 25.3 Å². The minimum Gasteiger partial charge on any atom is -0.493 e. The number of ether oxygens (including phenoxy) is 2. The fourth-order valence-electron chi connectivity index (χ4n) is 2.74. The molecule has 112 valence electrons. The van der Waals surface area contributed by atoms with Gasteiger partial charge < -0.3 is 14.8 Å². The number of nitrogens with one attached hydrogen (secondary N) is 1. The van der Waals surface area contributed by atoms with Crippen molar-refractivity contribution in [3.8, 4) is 11.5 Å². The number of benzene rings is 1. The molecule has 1 N–H and O–H groups in total. The van der Waals surface area contributed by atoms with E-state index in [1.165, 1.54) is 37.7 Å². The molecule has 0 spiro atoms. The molecule has 0 heterocycles. The van der Waals surface area contributed by atoms with Crippen LogP contribution in [-0.4, -0.2) is 19.3 Å². The van der Waals surface area contributed by atoms with Gasteiger partial charge in [0, 0.05) is 12.6 Å². The van der Waals surface area contributed by atoms with Gasteiger partial charge in [-0.3, -0.25) is 0 Å². The van der Waals surface area contributed by atoms with E-state index in [9.17, 15) is 0 Å². The summed E-state index contributed by atoms with van der Waals surface area (Å²) in [5.41, 5.74) is 1.25. The molecule has 1 aromatic rings. The highest BCUT2D eigenvalue weighted by molar-refractivity contribution is 5.43. The van der Waals surface area contributed by atoms with Gasteiger partial charge in [-0.15, -0.1) is 0 Å². The van der Waals surface area contributed by atoms with Crippen molar-refractivity contribution in [3.05, 3.63) is 23.8 Å². The smallest absolute Gasteiger partial charge is 0.161 e. The van der Waals surface area contributed by atoms with Crippen molar-refractivity contribution in [3.63, 3.8) is 0 Å². The zero-order valence-electron chi connectivity index (χ0n) is 12.9. The first kappa shape index (κ1) is 15.2. The summed E-state index contributed by atoms with van der Waals surface area (Å²) in [6, 6.07) is 6.89. The van der Waals surface area contributed by atoms with E-state index in [0.717, 1.165) is 18.0 Å². The molecule has 0 atom stereocenters. The van der Waals surface area contributed by atoms with Gasteiger partial charge in [0.15, 0.2) is 11.5 Å². The quantitative estimate of drug-likeness (QED) is 0.855. The van der Waals surface area contributed by atoms with E-state index in [1.54, 1.807) is 7.11 Å². The predicted octanol–water partition coefficient (Wildman–Crippen LogP) is 3.90. The third kappa shape index (κ3) is 4.41. The van der Waals surface area contributed by atoms with Crippen LogP contribution in [0.1, 0.15) is 51.5 Å². The summed E-state index contributed by atoms with van der Waals surface area (Å²) in [6.45, 7) is 4.96. The summed E-state index contributed by atoms with van der Waals surface area (Å²) in [5, 5.41) is 3.65. The summed E-state index contributed by atoms with van der Waals surface area (Å²) >= 11 is 0. The van der Waals surface area contributed by atoms with Crippen LogP contribution in [0.3, 0.4) is 0 Å². The summed E-state index contributed by atoms with van der Waals surface area (Å²) < 4.78 is 11.2. The molecule has 1 fully saturated rings. The molecule has 3 heteroatoms. The van der Waals surface area contributed by atoms with E-state index in [0.29, 0.717) is 6.04 Å². The largest absolute Gasteiger partial charge is 0.493 e. The van der Waals surface area contributed by atoms with E-state index in [-0.39, 0.29) is 6.10 Å². The van der Waals surface area contributed by atoms with Crippen molar-refractivity contribution in [1.29, 1.82) is 0 Å². The molecule has 0 bridgehead atoms. The Balaban J connectivity index is 1.94. The first-order valence-corrected chi connectivity index (χ1v) is 7.76. The van der Waals surface area contributed by atoms with Gasteiger partial charge in [0.05, 0.1) is 13.2 Å². The van der Waals surface area contributed by atoms with Crippen LogP contribution < -0.4 is 14.8 Å². The molecule has 0 amide bonds. The lowest BCUT2D eigenvalue weighted by Crippen LogP contribution is -2.30. The van der Waals surface area contributed by atoms with Gasteiger partial charge in [0.25, 0.3) is 0 Å². The molecule has 0 saturated heterocycles. The fourth-order valence-corrected chi connectivity index (χ4v) is 2.74. The molecule has 3 nitrogen and oxygen atoms in total. The third-order valence-electron chi connectivity index (χ3n) is 3.79. The Labute approximate surface area is 122 Å². The van der Waals surface area contributed by atoms with Gasteiger partial charge in [-0.2, -0.15) is 0 Å². The minimum absolute atomic E-state index is 0.162. The molecule has 20 heavy (non-hydrogen) atoms. The molecule has 1 aromatic carbocycles. The Morgan fingerprint density at radius 1 is 1.15 bits per heavy atom. The summed E-state index contributed by atoms with van der Waals surface area (Å²) in [4.78, 5) is 0. The van der Waals surface area contributed by atoms with E-state index < -0.39 is 0 Å². The maximum Gasteiger partial charge on any atom is 0.161 e. The Kier molecular flexibility index (Phi) is 5.72. The van der Waals surface area contributed by atoms with Crippen LogP contribution >= 0.6 is 0 Å². The lowest BCUT2D eigenvalue weighted by molar-refractivity contribution is 0.230. The average Bonchev–Trinajstić information content (AvgIpc) is 2.46. The van der Waals surface area contributed by atoms with Crippen LogP contribution in [0.15, 0.2) is 18.2 Å². The summed E-state index contributed by atoms with van der Waals surface area (Å²) in [6.07, 6.45) is 6.91. The molecule has 0 aliphatic heterocycles. The SMILES string of the molecule is COc1cc(CNC2CCCCC2)ccc1OC(C)C. The van der Waals surface area contributed by atoms with E-state index in [2.05, 4.69) is 17.4 Å². The molecule has 0 radical (unpaired) electrons. The highest BCUT2D eigenvalue weighted by atomic mass is 16.5. The summed E-state index contributed by atoms with van der Waals surface area (Å²) in [7, 11) is 1.70. The lowest BCUT2D eigenvalue weighted by Gasteiger charge is -2.23. The van der Waals surface area contributed by atoms with Crippen LogP contribution in [0, 0.1) is 0 Å². The Morgan fingerprint density at radius 3 is 2.55 bits per heavy atom. The van der Waals surface area contributed by atoms with Gasteiger partial charge in [-0.05, 0) is 44.4 Å². The topological polar surface area (TPSA) is 30.5 Å². The van der Waals surface area contributed by atoms with Crippen molar-refractivity contribution in [1.82, 2.24) is 5.32 Å². The Bertz CT molecular complexity index is 411. The standard InChI is InChI=1S/C17H27NO2/c1-13(2)20-16-10-9-14(11-17(16)19-3)12-18-15-7-5-4-6-8-15/h9-11,13,15,18H,4-8,12H2,1-3H3. The molecule has 1 aliphatic carbocycles. The van der Waals surface area contributed by atoms with Crippen molar-refractivity contribution >= 4 is 0 Å². The number of hydrogen-bond acceptors (Lipinski definition) is 3. The van der Waals surface area contributed by atoms with E-state index in [1.807, 2.05) is 19.9 Å². The molecule has 0 aromatic heterocycles. The van der Waals surface area contributed by atoms with Crippen molar-refractivity contribution in [2.75, 3.05) is 7.11 Å². The highest BCUT2D eigenvalue weighted by Crippen LogP contribution is 2.29. The molecular formula is C17H27NO2.